The van der Waals surface area contributed by atoms with Crippen LogP contribution in [0.2, 0.25) is 0 Å². The van der Waals surface area contributed by atoms with Crippen molar-refractivity contribution in [3.8, 4) is 0 Å². The summed E-state index contributed by atoms with van der Waals surface area (Å²) in [7, 11) is 0. The largest absolute Gasteiger partial charge is 0.368 e. The average molecular weight is 179 g/mol. The van der Waals surface area contributed by atoms with Crippen molar-refractivity contribution in [2.24, 2.45) is 0 Å². The molecule has 0 aliphatic heterocycles. The van der Waals surface area contributed by atoms with Gasteiger partial charge in [-0.2, -0.15) is 0 Å². The number of anilines is 1. The van der Waals surface area contributed by atoms with E-state index in [0.717, 1.165) is 0 Å². The number of aromatic nitrogens is 3. The molecule has 0 fully saturated rings. The Hall–Kier alpha value is -2.18. The van der Waals surface area contributed by atoms with E-state index in [0.29, 0.717) is 5.65 Å². The maximum absolute atomic E-state index is 10.4. The maximum atomic E-state index is 10.4. The first-order valence-electron chi connectivity index (χ1n) is 3.43. The highest BCUT2D eigenvalue weighted by molar-refractivity contribution is 5.47. The van der Waals surface area contributed by atoms with Gasteiger partial charge in [0.1, 0.15) is 0 Å². The van der Waals surface area contributed by atoms with Gasteiger partial charge in [-0.15, -0.1) is 10.2 Å². The van der Waals surface area contributed by atoms with Crippen LogP contribution < -0.4 is 5.73 Å². The second-order valence-corrected chi connectivity index (χ2v) is 2.43. The maximum Gasteiger partial charge on any atom is 0.286 e. The van der Waals surface area contributed by atoms with E-state index in [1.165, 1.54) is 22.7 Å². The van der Waals surface area contributed by atoms with Crippen molar-refractivity contribution in [2.75, 3.05) is 5.73 Å². The van der Waals surface area contributed by atoms with Crippen LogP contribution >= 0.6 is 0 Å². The Bertz CT molecular complexity index is 477. The lowest BCUT2D eigenvalue weighted by atomic mass is 10.4. The zero-order chi connectivity index (χ0) is 9.42. The lowest BCUT2D eigenvalue weighted by Gasteiger charge is -1.93. The molecule has 0 saturated heterocycles. The summed E-state index contributed by atoms with van der Waals surface area (Å²) in [6.07, 6.45) is 1.28. The van der Waals surface area contributed by atoms with Crippen LogP contribution in [0, 0.1) is 10.1 Å². The summed E-state index contributed by atoms with van der Waals surface area (Å²) in [5.41, 5.74) is 5.86. The summed E-state index contributed by atoms with van der Waals surface area (Å²) >= 11 is 0. The second-order valence-electron chi connectivity index (χ2n) is 2.43. The zero-order valence-electron chi connectivity index (χ0n) is 6.41. The summed E-state index contributed by atoms with van der Waals surface area (Å²) in [4.78, 5) is 9.89. The van der Waals surface area contributed by atoms with Crippen molar-refractivity contribution in [2.45, 2.75) is 0 Å². The first-order valence-corrected chi connectivity index (χ1v) is 3.43. The minimum atomic E-state index is -0.501. The first-order chi connectivity index (χ1) is 6.18. The molecule has 0 aliphatic rings. The molecule has 2 N–H and O–H groups in total. The molecular weight excluding hydrogens is 174 g/mol. The van der Waals surface area contributed by atoms with Crippen molar-refractivity contribution >= 4 is 17.3 Å². The third-order valence-corrected chi connectivity index (χ3v) is 1.62. The Morgan fingerprint density at radius 1 is 1.46 bits per heavy atom. The van der Waals surface area contributed by atoms with E-state index in [-0.39, 0.29) is 11.6 Å². The van der Waals surface area contributed by atoms with E-state index in [4.69, 9.17) is 5.73 Å². The molecule has 0 aliphatic carbocycles. The van der Waals surface area contributed by atoms with Crippen LogP contribution in [0.15, 0.2) is 18.3 Å². The fourth-order valence-corrected chi connectivity index (χ4v) is 1.01. The lowest BCUT2D eigenvalue weighted by Crippen LogP contribution is -1.96. The molecule has 66 valence electrons. The number of nitrogen functional groups attached to an aromatic ring is 1. The third kappa shape index (κ3) is 1.06. The minimum absolute atomic E-state index is 0.0426. The lowest BCUT2D eigenvalue weighted by molar-refractivity contribution is -0.385. The van der Waals surface area contributed by atoms with E-state index >= 15 is 0 Å². The molecular formula is C6H5N5O2. The number of rotatable bonds is 1. The van der Waals surface area contributed by atoms with Gasteiger partial charge in [0, 0.05) is 6.07 Å². The van der Waals surface area contributed by atoms with Crippen molar-refractivity contribution in [3.63, 3.8) is 0 Å². The highest BCUT2D eigenvalue weighted by Crippen LogP contribution is 2.13. The zero-order valence-corrected chi connectivity index (χ0v) is 6.41. The number of hydrogen-bond acceptors (Lipinski definition) is 5. The Labute approximate surface area is 72.0 Å². The molecule has 13 heavy (non-hydrogen) atoms. The van der Waals surface area contributed by atoms with E-state index < -0.39 is 4.92 Å². The van der Waals surface area contributed by atoms with Gasteiger partial charge in [-0.3, -0.25) is 14.5 Å². The van der Waals surface area contributed by atoms with Gasteiger partial charge in [-0.05, 0) is 6.07 Å². The minimum Gasteiger partial charge on any atom is -0.368 e. The van der Waals surface area contributed by atoms with E-state index in [1.54, 1.807) is 0 Å². The highest BCUT2D eigenvalue weighted by atomic mass is 16.6. The molecule has 2 aromatic rings. The van der Waals surface area contributed by atoms with Crippen molar-refractivity contribution < 1.29 is 4.92 Å². The van der Waals surface area contributed by atoms with Crippen molar-refractivity contribution in [1.82, 2.24) is 14.6 Å². The molecule has 7 heteroatoms. The molecule has 2 aromatic heterocycles. The molecule has 0 amide bonds. The van der Waals surface area contributed by atoms with Gasteiger partial charge < -0.3 is 5.73 Å². The van der Waals surface area contributed by atoms with Crippen LogP contribution in [0.3, 0.4) is 0 Å². The average Bonchev–Trinajstić information content (AvgIpc) is 2.47. The summed E-state index contributed by atoms with van der Waals surface area (Å²) in [5, 5.41) is 17.6. The Balaban J connectivity index is 2.72. The smallest absolute Gasteiger partial charge is 0.286 e. The standard InChI is InChI=1S/C6H5N5O2/c7-6-9-8-5-2-1-4(11(12)13)3-10(5)6/h1-3H,(H2,7,9). The topological polar surface area (TPSA) is 99.3 Å². The van der Waals surface area contributed by atoms with Gasteiger partial charge in [-0.25, -0.2) is 0 Å². The Kier molecular flexibility index (Phi) is 1.38. The van der Waals surface area contributed by atoms with Gasteiger partial charge in [-0.1, -0.05) is 0 Å². The Morgan fingerprint density at radius 3 is 2.92 bits per heavy atom. The summed E-state index contributed by atoms with van der Waals surface area (Å²) < 4.78 is 1.36. The van der Waals surface area contributed by atoms with Gasteiger partial charge in [0.25, 0.3) is 5.69 Å². The molecule has 2 rings (SSSR count). The molecule has 0 radical (unpaired) electrons. The third-order valence-electron chi connectivity index (χ3n) is 1.62. The second kappa shape index (κ2) is 2.41. The fourth-order valence-electron chi connectivity index (χ4n) is 1.01. The number of hydrogen-bond donors (Lipinski definition) is 1. The van der Waals surface area contributed by atoms with Gasteiger partial charge in [0.15, 0.2) is 5.65 Å². The number of fused-ring (bicyclic) bond motifs is 1. The summed E-state index contributed by atoms with van der Waals surface area (Å²) in [6.45, 7) is 0. The quantitative estimate of drug-likeness (QED) is 0.498. The number of nitro groups is 1. The monoisotopic (exact) mass is 179 g/mol. The SMILES string of the molecule is Nc1nnc2ccc([N+](=O)[O-])cn12. The number of pyridine rings is 1. The first kappa shape index (κ1) is 7.47. The van der Waals surface area contributed by atoms with Crippen LogP contribution in [0.5, 0.6) is 0 Å². The van der Waals surface area contributed by atoms with E-state index in [9.17, 15) is 10.1 Å². The normalized spacial score (nSPS) is 10.5. The van der Waals surface area contributed by atoms with Crippen LogP contribution in [0.4, 0.5) is 11.6 Å². The van der Waals surface area contributed by atoms with Crippen LogP contribution in [0.25, 0.3) is 5.65 Å². The van der Waals surface area contributed by atoms with Crippen molar-refractivity contribution in [1.29, 1.82) is 0 Å². The molecule has 0 unspecified atom stereocenters. The van der Waals surface area contributed by atoms with Gasteiger partial charge >= 0.3 is 0 Å². The number of nitrogens with two attached hydrogens (primary N) is 1. The molecule has 7 nitrogen and oxygen atoms in total. The van der Waals surface area contributed by atoms with Gasteiger partial charge in [0.2, 0.25) is 5.95 Å². The van der Waals surface area contributed by atoms with Gasteiger partial charge in [0.05, 0.1) is 11.1 Å². The predicted octanol–water partition coefficient (Wildman–Crippen LogP) is 0.220. The fraction of sp³-hybridized carbons (Fsp3) is 0. The number of nitrogens with zero attached hydrogens (tertiary/aromatic N) is 4. The predicted molar refractivity (Wildman–Crippen MR) is 44.1 cm³/mol. The van der Waals surface area contributed by atoms with Crippen molar-refractivity contribution in [3.05, 3.63) is 28.4 Å². The molecule has 0 spiro atoms. The molecule has 0 bridgehead atoms. The molecule has 2 heterocycles. The highest BCUT2D eigenvalue weighted by Gasteiger charge is 2.08. The molecule has 0 aromatic carbocycles. The van der Waals surface area contributed by atoms with Crippen LogP contribution in [-0.4, -0.2) is 19.5 Å². The van der Waals surface area contributed by atoms with Crippen LogP contribution in [-0.2, 0) is 0 Å². The van der Waals surface area contributed by atoms with E-state index in [2.05, 4.69) is 10.2 Å². The Morgan fingerprint density at radius 2 is 2.23 bits per heavy atom. The molecule has 0 atom stereocenters. The van der Waals surface area contributed by atoms with E-state index in [1.807, 2.05) is 0 Å². The summed E-state index contributed by atoms with van der Waals surface area (Å²) in [5.74, 6) is 0.138. The molecule has 0 saturated carbocycles. The summed E-state index contributed by atoms with van der Waals surface area (Å²) in [6, 6.07) is 2.84. The van der Waals surface area contributed by atoms with Crippen LogP contribution in [0.1, 0.15) is 0 Å².